The molecule has 0 radical (unpaired) electrons. The quantitative estimate of drug-likeness (QED) is 0.826. The average Bonchev–Trinajstić information content (AvgIpc) is 2.39. The second-order valence-electron chi connectivity index (χ2n) is 4.76. The van der Waals surface area contributed by atoms with Gasteiger partial charge in [-0.1, -0.05) is 30.3 Å². The van der Waals surface area contributed by atoms with Crippen LogP contribution in [0.5, 0.6) is 5.75 Å². The summed E-state index contributed by atoms with van der Waals surface area (Å²) < 4.78 is 0. The van der Waals surface area contributed by atoms with E-state index in [-0.39, 0.29) is 12.4 Å². The van der Waals surface area contributed by atoms with Crippen molar-refractivity contribution < 1.29 is 5.11 Å². The maximum absolute atomic E-state index is 10.1. The van der Waals surface area contributed by atoms with Crippen LogP contribution in [0.25, 0.3) is 10.8 Å². The van der Waals surface area contributed by atoms with Gasteiger partial charge in [0.1, 0.15) is 5.75 Å². The lowest BCUT2D eigenvalue weighted by Crippen LogP contribution is -2.28. The smallest absolute Gasteiger partial charge is 0.119 e. The van der Waals surface area contributed by atoms with Gasteiger partial charge in [0.15, 0.2) is 0 Å². The minimum absolute atomic E-state index is 0. The summed E-state index contributed by atoms with van der Waals surface area (Å²) in [5.41, 5.74) is 1.12. The number of aromatic hydroxyl groups is 1. The molecule has 0 aliphatic carbocycles. The van der Waals surface area contributed by atoms with Crippen molar-refractivity contribution in [2.45, 2.75) is 18.8 Å². The van der Waals surface area contributed by atoms with Crippen LogP contribution in [0.3, 0.4) is 0 Å². The van der Waals surface area contributed by atoms with Crippen LogP contribution in [0.15, 0.2) is 36.4 Å². The van der Waals surface area contributed by atoms with Gasteiger partial charge in [-0.3, -0.25) is 0 Å². The molecule has 0 amide bonds. The number of phenols is 1. The number of nitrogens with one attached hydrogen (secondary N) is 1. The largest absolute Gasteiger partial charge is 0.508 e. The number of piperidine rings is 1. The van der Waals surface area contributed by atoms with Gasteiger partial charge in [0, 0.05) is 18.0 Å². The van der Waals surface area contributed by atoms with E-state index in [1.807, 2.05) is 24.3 Å². The predicted octanol–water partition coefficient (Wildman–Crippen LogP) is 3.43. The van der Waals surface area contributed by atoms with Gasteiger partial charge in [0.25, 0.3) is 0 Å². The van der Waals surface area contributed by atoms with Gasteiger partial charge in [-0.15, -0.1) is 12.4 Å². The summed E-state index contributed by atoms with van der Waals surface area (Å²) in [6, 6.07) is 12.1. The summed E-state index contributed by atoms with van der Waals surface area (Å²) in [5.74, 6) is 0.882. The lowest BCUT2D eigenvalue weighted by molar-refractivity contribution is 0.428. The van der Waals surface area contributed by atoms with Gasteiger partial charge in [-0.2, -0.15) is 0 Å². The average molecular weight is 264 g/mol. The van der Waals surface area contributed by atoms with Crippen molar-refractivity contribution in [2.75, 3.05) is 13.1 Å². The molecule has 1 heterocycles. The number of halogens is 1. The third-order valence-corrected chi connectivity index (χ3v) is 3.65. The van der Waals surface area contributed by atoms with Crippen LogP contribution in [0, 0.1) is 0 Å². The molecule has 18 heavy (non-hydrogen) atoms. The molecule has 1 aliphatic rings. The molecule has 2 aromatic carbocycles. The maximum Gasteiger partial charge on any atom is 0.119 e. The SMILES string of the molecule is Cl.Oc1ccc2ccccc2c1C1CCCNC1. The number of fused-ring (bicyclic) bond motifs is 1. The van der Waals surface area contributed by atoms with Crippen molar-refractivity contribution in [1.29, 1.82) is 0 Å². The highest BCUT2D eigenvalue weighted by Gasteiger charge is 2.20. The lowest BCUT2D eigenvalue weighted by atomic mass is 9.87. The Morgan fingerprint density at radius 2 is 1.94 bits per heavy atom. The Morgan fingerprint density at radius 1 is 1.11 bits per heavy atom. The molecular weight excluding hydrogens is 246 g/mol. The van der Waals surface area contributed by atoms with Gasteiger partial charge < -0.3 is 10.4 Å². The standard InChI is InChI=1S/C15H17NO.ClH/c17-14-8-7-11-4-1-2-6-13(11)15(14)12-5-3-9-16-10-12;/h1-2,4,6-8,12,16-17H,3,5,9-10H2;1H. The van der Waals surface area contributed by atoms with Gasteiger partial charge in [-0.05, 0) is 36.2 Å². The van der Waals surface area contributed by atoms with E-state index in [1.54, 1.807) is 0 Å². The van der Waals surface area contributed by atoms with Crippen molar-refractivity contribution in [1.82, 2.24) is 5.32 Å². The molecule has 1 aliphatic heterocycles. The Kier molecular flexibility index (Phi) is 4.10. The lowest BCUT2D eigenvalue weighted by Gasteiger charge is -2.25. The van der Waals surface area contributed by atoms with Gasteiger partial charge in [-0.25, -0.2) is 0 Å². The third kappa shape index (κ3) is 2.31. The molecule has 1 atom stereocenters. The molecule has 3 rings (SSSR count). The highest BCUT2D eigenvalue weighted by Crippen LogP contribution is 2.36. The molecule has 96 valence electrons. The molecular formula is C15H18ClNO. The molecule has 0 bridgehead atoms. The van der Waals surface area contributed by atoms with Gasteiger partial charge in [0.05, 0.1) is 0 Å². The van der Waals surface area contributed by atoms with Crippen LogP contribution in [0.2, 0.25) is 0 Å². The molecule has 0 spiro atoms. The Bertz CT molecular complexity index is 535. The second kappa shape index (κ2) is 5.59. The van der Waals surface area contributed by atoms with Crippen molar-refractivity contribution in [3.8, 4) is 5.75 Å². The summed E-state index contributed by atoms with van der Waals surface area (Å²) in [6.45, 7) is 2.07. The Balaban J connectivity index is 0.00000120. The zero-order valence-corrected chi connectivity index (χ0v) is 11.0. The Morgan fingerprint density at radius 3 is 2.72 bits per heavy atom. The van der Waals surface area contributed by atoms with E-state index >= 15 is 0 Å². The van der Waals surface area contributed by atoms with Crippen molar-refractivity contribution in [3.05, 3.63) is 42.0 Å². The van der Waals surface area contributed by atoms with E-state index in [0.717, 1.165) is 25.1 Å². The molecule has 2 N–H and O–H groups in total. The minimum Gasteiger partial charge on any atom is -0.508 e. The molecule has 3 heteroatoms. The number of phenolic OH excluding ortho intramolecular Hbond substituents is 1. The number of benzene rings is 2. The normalized spacial score (nSPS) is 19.4. The van der Waals surface area contributed by atoms with E-state index in [4.69, 9.17) is 0 Å². The molecule has 1 unspecified atom stereocenters. The summed E-state index contributed by atoms with van der Waals surface area (Å²) in [6.07, 6.45) is 2.35. The van der Waals surface area contributed by atoms with Crippen LogP contribution in [0.1, 0.15) is 24.3 Å². The molecule has 0 aromatic heterocycles. The van der Waals surface area contributed by atoms with Gasteiger partial charge in [0.2, 0.25) is 0 Å². The maximum atomic E-state index is 10.1. The number of hydrogen-bond donors (Lipinski definition) is 2. The van der Waals surface area contributed by atoms with E-state index in [9.17, 15) is 5.11 Å². The van der Waals surface area contributed by atoms with E-state index in [1.165, 1.54) is 17.2 Å². The number of hydrogen-bond acceptors (Lipinski definition) is 2. The van der Waals surface area contributed by atoms with Crippen molar-refractivity contribution >= 4 is 23.2 Å². The molecule has 0 saturated carbocycles. The first-order valence-corrected chi connectivity index (χ1v) is 6.27. The topological polar surface area (TPSA) is 32.3 Å². The number of rotatable bonds is 1. The summed E-state index contributed by atoms with van der Waals surface area (Å²) in [7, 11) is 0. The Labute approximate surface area is 113 Å². The van der Waals surface area contributed by atoms with Crippen LogP contribution in [-0.2, 0) is 0 Å². The highest BCUT2D eigenvalue weighted by molar-refractivity contribution is 5.88. The van der Waals surface area contributed by atoms with Crippen LogP contribution in [-0.4, -0.2) is 18.2 Å². The van der Waals surface area contributed by atoms with Crippen LogP contribution >= 0.6 is 12.4 Å². The second-order valence-corrected chi connectivity index (χ2v) is 4.76. The van der Waals surface area contributed by atoms with Crippen molar-refractivity contribution in [3.63, 3.8) is 0 Å². The molecule has 2 nitrogen and oxygen atoms in total. The van der Waals surface area contributed by atoms with Crippen LogP contribution < -0.4 is 5.32 Å². The first-order chi connectivity index (χ1) is 8.36. The molecule has 1 fully saturated rings. The zero-order chi connectivity index (χ0) is 11.7. The monoisotopic (exact) mass is 263 g/mol. The Hall–Kier alpha value is -1.25. The first kappa shape index (κ1) is 13.2. The zero-order valence-electron chi connectivity index (χ0n) is 10.2. The first-order valence-electron chi connectivity index (χ1n) is 6.27. The molecule has 1 saturated heterocycles. The van der Waals surface area contributed by atoms with E-state index < -0.39 is 0 Å². The molecule has 2 aromatic rings. The minimum atomic E-state index is 0. The fourth-order valence-electron chi connectivity index (χ4n) is 2.81. The van der Waals surface area contributed by atoms with Gasteiger partial charge >= 0.3 is 0 Å². The van der Waals surface area contributed by atoms with E-state index in [2.05, 4.69) is 17.4 Å². The summed E-state index contributed by atoms with van der Waals surface area (Å²) in [5, 5.41) is 16.0. The van der Waals surface area contributed by atoms with Crippen molar-refractivity contribution in [2.24, 2.45) is 0 Å². The van der Waals surface area contributed by atoms with Crippen LogP contribution in [0.4, 0.5) is 0 Å². The predicted molar refractivity (Wildman–Crippen MR) is 77.7 cm³/mol. The fourth-order valence-corrected chi connectivity index (χ4v) is 2.81. The fraction of sp³-hybridized carbons (Fsp3) is 0.333. The summed E-state index contributed by atoms with van der Waals surface area (Å²) in [4.78, 5) is 0. The highest BCUT2D eigenvalue weighted by atomic mass is 35.5. The third-order valence-electron chi connectivity index (χ3n) is 3.65. The van der Waals surface area contributed by atoms with E-state index in [0.29, 0.717) is 11.7 Å². The summed E-state index contributed by atoms with van der Waals surface area (Å²) >= 11 is 0.